The van der Waals surface area contributed by atoms with Crippen LogP contribution in [-0.4, -0.2) is 41.4 Å². The van der Waals surface area contributed by atoms with E-state index >= 15 is 0 Å². The Morgan fingerprint density at radius 2 is 1.96 bits per heavy atom. The lowest BCUT2D eigenvalue weighted by Crippen LogP contribution is -2.27. The van der Waals surface area contributed by atoms with Gasteiger partial charge in [0.05, 0.1) is 0 Å². The van der Waals surface area contributed by atoms with Gasteiger partial charge in [-0.3, -0.25) is 9.59 Å². The molecule has 3 heterocycles. The van der Waals surface area contributed by atoms with Crippen molar-refractivity contribution in [1.29, 1.82) is 0 Å². The monoisotopic (exact) mass is 399 g/mol. The minimum absolute atomic E-state index is 0.0362. The number of nitrogens with one attached hydrogen (secondary N) is 1. The number of hydrogen-bond donors (Lipinski definition) is 1. The summed E-state index contributed by atoms with van der Waals surface area (Å²) in [7, 11) is 0. The van der Waals surface area contributed by atoms with Gasteiger partial charge in [0.15, 0.2) is 0 Å². The van der Waals surface area contributed by atoms with Crippen LogP contribution in [0.4, 0.5) is 5.69 Å². The highest BCUT2D eigenvalue weighted by Gasteiger charge is 2.22. The van der Waals surface area contributed by atoms with Crippen LogP contribution in [0.15, 0.2) is 29.6 Å². The van der Waals surface area contributed by atoms with Gasteiger partial charge in [0.2, 0.25) is 5.91 Å². The van der Waals surface area contributed by atoms with Crippen molar-refractivity contribution in [2.45, 2.75) is 44.6 Å². The highest BCUT2D eigenvalue weighted by Crippen LogP contribution is 2.30. The number of carbonyl (C=O) groups excluding carboxylic acids is 2. The summed E-state index contributed by atoms with van der Waals surface area (Å²) < 4.78 is 5.62. The van der Waals surface area contributed by atoms with Gasteiger partial charge in [-0.15, -0.1) is 11.3 Å². The molecular formula is C21H25N3O3S. The van der Waals surface area contributed by atoms with Gasteiger partial charge in [-0.2, -0.15) is 0 Å². The number of aryl methyl sites for hydroxylation is 1. The lowest BCUT2D eigenvalue weighted by atomic mass is 10.1. The maximum absolute atomic E-state index is 12.4. The molecular weight excluding hydrogens is 374 g/mol. The zero-order valence-corrected chi connectivity index (χ0v) is 16.7. The maximum atomic E-state index is 12.4. The molecule has 7 heteroatoms. The van der Waals surface area contributed by atoms with Gasteiger partial charge < -0.3 is 15.0 Å². The van der Waals surface area contributed by atoms with Gasteiger partial charge in [0.1, 0.15) is 16.8 Å². The number of amides is 2. The highest BCUT2D eigenvalue weighted by atomic mass is 32.1. The van der Waals surface area contributed by atoms with Crippen LogP contribution in [0, 0.1) is 0 Å². The van der Waals surface area contributed by atoms with Crippen LogP contribution < -0.4 is 5.32 Å². The van der Waals surface area contributed by atoms with Crippen molar-refractivity contribution in [3.05, 3.63) is 45.9 Å². The molecule has 0 bridgehead atoms. The summed E-state index contributed by atoms with van der Waals surface area (Å²) in [5.41, 5.74) is 2.25. The van der Waals surface area contributed by atoms with Crippen LogP contribution in [-0.2, 0) is 16.0 Å². The molecule has 4 rings (SSSR count). The van der Waals surface area contributed by atoms with Crippen molar-refractivity contribution in [1.82, 2.24) is 9.88 Å². The second-order valence-corrected chi connectivity index (χ2v) is 8.20. The molecule has 0 spiro atoms. The number of nitrogens with zero attached hydrogens (tertiary/aromatic N) is 2. The van der Waals surface area contributed by atoms with Gasteiger partial charge in [-0.1, -0.05) is 12.1 Å². The molecule has 148 valence electrons. The van der Waals surface area contributed by atoms with Crippen LogP contribution in [0.3, 0.4) is 0 Å². The third-order valence-corrected chi connectivity index (χ3v) is 6.19. The SMILES string of the molecule is O=C(Nc1ccc(CCC(=O)N2CCCC2)cc1)c1csc(C2CCCO2)n1. The van der Waals surface area contributed by atoms with Crippen molar-refractivity contribution < 1.29 is 14.3 Å². The molecule has 2 saturated heterocycles. The van der Waals surface area contributed by atoms with Crippen LogP contribution in [0.25, 0.3) is 0 Å². The lowest BCUT2D eigenvalue weighted by molar-refractivity contribution is -0.130. The zero-order chi connectivity index (χ0) is 19.3. The first kappa shape index (κ1) is 19.1. The molecule has 0 aliphatic carbocycles. The van der Waals surface area contributed by atoms with E-state index in [1.807, 2.05) is 29.2 Å². The van der Waals surface area contributed by atoms with E-state index in [-0.39, 0.29) is 17.9 Å². The third kappa shape index (κ3) is 4.59. The second-order valence-electron chi connectivity index (χ2n) is 7.31. The van der Waals surface area contributed by atoms with E-state index in [0.29, 0.717) is 12.1 Å². The van der Waals surface area contributed by atoms with Gasteiger partial charge in [0, 0.05) is 37.2 Å². The number of benzene rings is 1. The van der Waals surface area contributed by atoms with Gasteiger partial charge in [-0.05, 0) is 49.8 Å². The van der Waals surface area contributed by atoms with Crippen molar-refractivity contribution in [3.63, 3.8) is 0 Å². The number of anilines is 1. The predicted molar refractivity (Wildman–Crippen MR) is 109 cm³/mol. The molecule has 6 nitrogen and oxygen atoms in total. The fraction of sp³-hybridized carbons (Fsp3) is 0.476. The van der Waals surface area contributed by atoms with E-state index in [0.717, 1.165) is 68.1 Å². The number of thiazole rings is 1. The van der Waals surface area contributed by atoms with E-state index in [4.69, 9.17) is 4.74 Å². The molecule has 1 unspecified atom stereocenters. The van der Waals surface area contributed by atoms with Gasteiger partial charge in [-0.25, -0.2) is 4.98 Å². The molecule has 2 amide bonds. The summed E-state index contributed by atoms with van der Waals surface area (Å²) in [6.45, 7) is 2.56. The summed E-state index contributed by atoms with van der Waals surface area (Å²) in [4.78, 5) is 31.0. The molecule has 0 radical (unpaired) electrons. The number of likely N-dealkylation sites (tertiary alicyclic amines) is 1. The molecule has 2 fully saturated rings. The van der Waals surface area contributed by atoms with Crippen molar-refractivity contribution in [2.24, 2.45) is 0 Å². The normalized spacial score (nSPS) is 19.1. The molecule has 1 aromatic carbocycles. The first-order chi connectivity index (χ1) is 13.7. The fourth-order valence-electron chi connectivity index (χ4n) is 3.64. The predicted octanol–water partition coefficient (Wildman–Crippen LogP) is 3.80. The minimum Gasteiger partial charge on any atom is -0.371 e. The van der Waals surface area contributed by atoms with Crippen LogP contribution in [0.2, 0.25) is 0 Å². The third-order valence-electron chi connectivity index (χ3n) is 5.26. The summed E-state index contributed by atoms with van der Waals surface area (Å²) in [6, 6.07) is 7.68. The standard InChI is InChI=1S/C21H25N3O3S/c25-19(24-11-1-2-12-24)10-7-15-5-8-16(9-6-15)22-20(26)17-14-28-21(23-17)18-4-3-13-27-18/h5-6,8-9,14,18H,1-4,7,10-13H2,(H,22,26). The van der Waals surface area contributed by atoms with E-state index in [2.05, 4.69) is 10.3 Å². The first-order valence-electron chi connectivity index (χ1n) is 9.94. The molecule has 0 saturated carbocycles. The summed E-state index contributed by atoms with van der Waals surface area (Å²) in [5.74, 6) is 0.0258. The topological polar surface area (TPSA) is 71.5 Å². The Hall–Kier alpha value is -2.25. The lowest BCUT2D eigenvalue weighted by Gasteiger charge is -2.15. The number of rotatable bonds is 6. The van der Waals surface area contributed by atoms with Crippen molar-refractivity contribution >= 4 is 28.8 Å². The van der Waals surface area contributed by atoms with E-state index in [9.17, 15) is 9.59 Å². The maximum Gasteiger partial charge on any atom is 0.275 e. The second kappa shape index (κ2) is 8.84. The molecule has 1 N–H and O–H groups in total. The van der Waals surface area contributed by atoms with Crippen molar-refractivity contribution in [2.75, 3.05) is 25.0 Å². The molecule has 28 heavy (non-hydrogen) atoms. The van der Waals surface area contributed by atoms with Crippen LogP contribution in [0.5, 0.6) is 0 Å². The van der Waals surface area contributed by atoms with E-state index < -0.39 is 0 Å². The highest BCUT2D eigenvalue weighted by molar-refractivity contribution is 7.09. The Balaban J connectivity index is 1.29. The van der Waals surface area contributed by atoms with Crippen LogP contribution in [0.1, 0.15) is 59.3 Å². The number of aromatic nitrogens is 1. The summed E-state index contributed by atoms with van der Waals surface area (Å²) in [5, 5.41) is 5.55. The average molecular weight is 400 g/mol. The zero-order valence-electron chi connectivity index (χ0n) is 15.9. The summed E-state index contributed by atoms with van der Waals surface area (Å²) in [6.07, 6.45) is 5.55. The molecule has 1 aromatic heterocycles. The smallest absolute Gasteiger partial charge is 0.275 e. The number of ether oxygens (including phenoxy) is 1. The first-order valence-corrected chi connectivity index (χ1v) is 10.8. The quantitative estimate of drug-likeness (QED) is 0.802. The summed E-state index contributed by atoms with van der Waals surface area (Å²) >= 11 is 1.47. The van der Waals surface area contributed by atoms with E-state index in [1.165, 1.54) is 11.3 Å². The van der Waals surface area contributed by atoms with Crippen LogP contribution >= 0.6 is 11.3 Å². The fourth-order valence-corrected chi connectivity index (χ4v) is 4.52. The van der Waals surface area contributed by atoms with Gasteiger partial charge in [0.25, 0.3) is 5.91 Å². The molecule has 1 atom stereocenters. The Morgan fingerprint density at radius 3 is 2.68 bits per heavy atom. The Labute approximate surface area is 168 Å². The largest absolute Gasteiger partial charge is 0.371 e. The van der Waals surface area contributed by atoms with Crippen molar-refractivity contribution in [3.8, 4) is 0 Å². The minimum atomic E-state index is -0.211. The molecule has 2 aromatic rings. The Bertz CT molecular complexity index is 822. The van der Waals surface area contributed by atoms with Gasteiger partial charge >= 0.3 is 0 Å². The average Bonchev–Trinajstić information content (AvgIpc) is 3.49. The van der Waals surface area contributed by atoms with E-state index in [1.54, 1.807) is 5.38 Å². The Morgan fingerprint density at radius 1 is 1.18 bits per heavy atom. The molecule has 2 aliphatic heterocycles. The number of hydrogen-bond acceptors (Lipinski definition) is 5. The Kier molecular flexibility index (Phi) is 6.02. The number of carbonyl (C=O) groups is 2. The molecule has 2 aliphatic rings.